The summed E-state index contributed by atoms with van der Waals surface area (Å²) in [5.74, 6) is 0. The monoisotopic (exact) mass is 215 g/mol. The molecule has 2 unspecified atom stereocenters. The summed E-state index contributed by atoms with van der Waals surface area (Å²) in [6, 6.07) is 0.582. The summed E-state index contributed by atoms with van der Waals surface area (Å²) < 4.78 is 0. The topological polar surface area (TPSA) is 52.7 Å². The van der Waals surface area contributed by atoms with Crippen molar-refractivity contribution in [3.63, 3.8) is 0 Å². The summed E-state index contributed by atoms with van der Waals surface area (Å²) in [4.78, 5) is 4.58. The third-order valence-electron chi connectivity index (χ3n) is 3.06. The maximum absolute atomic E-state index is 9.96. The Morgan fingerprint density at radius 3 is 2.73 bits per heavy atom. The van der Waals surface area contributed by atoms with Crippen molar-refractivity contribution in [1.29, 1.82) is 0 Å². The normalized spacial score (nSPS) is 27.2. The summed E-state index contributed by atoms with van der Waals surface area (Å²) in [6.45, 7) is 5.01. The van der Waals surface area contributed by atoms with E-state index in [2.05, 4.69) is 23.9 Å². The van der Waals surface area contributed by atoms with Gasteiger partial charge in [-0.3, -0.25) is 4.90 Å². The summed E-state index contributed by atoms with van der Waals surface area (Å²) in [5.41, 5.74) is 4.80. The van der Waals surface area contributed by atoms with Gasteiger partial charge in [0.1, 0.15) is 0 Å². The Hall–Kier alpha value is -0.160. The van der Waals surface area contributed by atoms with E-state index in [4.69, 9.17) is 5.73 Å². The predicted molar refractivity (Wildman–Crippen MR) is 62.8 cm³/mol. The Morgan fingerprint density at radius 2 is 2.20 bits per heavy atom. The van der Waals surface area contributed by atoms with Crippen LogP contribution in [-0.2, 0) is 0 Å². The molecule has 0 aromatic heterocycles. The zero-order chi connectivity index (χ0) is 11.5. The number of aliphatic hydroxyl groups is 1. The first-order valence-electron chi connectivity index (χ1n) is 5.76. The Labute approximate surface area is 93.0 Å². The van der Waals surface area contributed by atoms with E-state index in [1.165, 1.54) is 12.8 Å². The largest absolute Gasteiger partial charge is 0.388 e. The van der Waals surface area contributed by atoms with Gasteiger partial charge in [0.05, 0.1) is 5.60 Å². The summed E-state index contributed by atoms with van der Waals surface area (Å²) in [6.07, 6.45) is 2.47. The second-order valence-corrected chi connectivity index (χ2v) is 5.23. The summed E-state index contributed by atoms with van der Waals surface area (Å²) >= 11 is 0. The van der Waals surface area contributed by atoms with Crippen molar-refractivity contribution in [2.75, 3.05) is 40.3 Å². The van der Waals surface area contributed by atoms with Gasteiger partial charge < -0.3 is 15.7 Å². The fraction of sp³-hybridized carbons (Fsp3) is 1.00. The molecule has 4 heteroatoms. The third-order valence-corrected chi connectivity index (χ3v) is 3.06. The quantitative estimate of drug-likeness (QED) is 0.662. The molecule has 0 aromatic carbocycles. The van der Waals surface area contributed by atoms with E-state index in [1.54, 1.807) is 0 Å². The van der Waals surface area contributed by atoms with Gasteiger partial charge >= 0.3 is 0 Å². The number of likely N-dealkylation sites (N-methyl/N-ethyl adjacent to an activating group) is 1. The van der Waals surface area contributed by atoms with Gasteiger partial charge in [-0.05, 0) is 40.4 Å². The van der Waals surface area contributed by atoms with Crippen LogP contribution in [0.1, 0.15) is 19.8 Å². The molecule has 1 aliphatic heterocycles. The van der Waals surface area contributed by atoms with Crippen LogP contribution in [0.3, 0.4) is 0 Å². The minimum Gasteiger partial charge on any atom is -0.388 e. The van der Waals surface area contributed by atoms with E-state index >= 15 is 0 Å². The lowest BCUT2D eigenvalue weighted by atomic mass is 10.1. The standard InChI is InChI=1S/C11H25N3O/c1-11(15,8-12)9-14-6-4-5-10(14)7-13(2)3/h10,15H,4-9,12H2,1-3H3. The van der Waals surface area contributed by atoms with Crippen molar-refractivity contribution in [2.45, 2.75) is 31.4 Å². The summed E-state index contributed by atoms with van der Waals surface area (Å²) in [5, 5.41) is 9.96. The molecule has 4 nitrogen and oxygen atoms in total. The van der Waals surface area contributed by atoms with Crippen molar-refractivity contribution in [3.05, 3.63) is 0 Å². The second-order valence-electron chi connectivity index (χ2n) is 5.23. The van der Waals surface area contributed by atoms with Crippen molar-refractivity contribution in [3.8, 4) is 0 Å². The lowest BCUT2D eigenvalue weighted by Crippen LogP contribution is -2.49. The highest BCUT2D eigenvalue weighted by molar-refractivity contribution is 4.87. The Kier molecular flexibility index (Phi) is 4.52. The fourth-order valence-electron chi connectivity index (χ4n) is 2.23. The molecule has 1 rings (SSSR count). The molecule has 0 saturated carbocycles. The zero-order valence-electron chi connectivity index (χ0n) is 10.2. The van der Waals surface area contributed by atoms with E-state index in [0.717, 1.165) is 13.1 Å². The molecule has 0 bridgehead atoms. The van der Waals surface area contributed by atoms with Crippen LogP contribution < -0.4 is 5.73 Å². The average molecular weight is 215 g/mol. The van der Waals surface area contributed by atoms with Crippen LogP contribution in [0.25, 0.3) is 0 Å². The highest BCUT2D eigenvalue weighted by atomic mass is 16.3. The molecule has 0 radical (unpaired) electrons. The molecular formula is C11H25N3O. The number of β-amino-alcohol motifs (C(OH)–C–C–N with tert-alkyl or cyclic N) is 1. The Morgan fingerprint density at radius 1 is 1.53 bits per heavy atom. The fourth-order valence-corrected chi connectivity index (χ4v) is 2.23. The van der Waals surface area contributed by atoms with Gasteiger partial charge in [0, 0.05) is 25.7 Å². The number of nitrogens with two attached hydrogens (primary N) is 1. The minimum absolute atomic E-state index is 0.332. The molecule has 90 valence electrons. The van der Waals surface area contributed by atoms with Gasteiger partial charge in [0.25, 0.3) is 0 Å². The smallest absolute Gasteiger partial charge is 0.0867 e. The van der Waals surface area contributed by atoms with Gasteiger partial charge in [-0.1, -0.05) is 0 Å². The SMILES string of the molecule is CN(C)CC1CCCN1CC(C)(O)CN. The second kappa shape index (κ2) is 5.25. The average Bonchev–Trinajstić information content (AvgIpc) is 2.51. The van der Waals surface area contributed by atoms with Gasteiger partial charge in [0.2, 0.25) is 0 Å². The van der Waals surface area contributed by atoms with E-state index in [9.17, 15) is 5.11 Å². The predicted octanol–water partition coefficient (Wildman–Crippen LogP) is -0.278. The molecule has 1 heterocycles. The lowest BCUT2D eigenvalue weighted by Gasteiger charge is -2.33. The first-order valence-corrected chi connectivity index (χ1v) is 5.76. The molecule has 2 atom stereocenters. The molecule has 1 aliphatic rings. The maximum atomic E-state index is 9.96. The van der Waals surface area contributed by atoms with E-state index in [0.29, 0.717) is 19.1 Å². The van der Waals surface area contributed by atoms with E-state index in [-0.39, 0.29) is 0 Å². The molecule has 3 N–H and O–H groups in total. The Balaban J connectivity index is 2.46. The van der Waals surface area contributed by atoms with Crippen LogP contribution >= 0.6 is 0 Å². The van der Waals surface area contributed by atoms with Gasteiger partial charge in [-0.25, -0.2) is 0 Å². The molecule has 1 saturated heterocycles. The maximum Gasteiger partial charge on any atom is 0.0867 e. The molecule has 0 amide bonds. The van der Waals surface area contributed by atoms with Gasteiger partial charge in [0.15, 0.2) is 0 Å². The number of hydrogen-bond acceptors (Lipinski definition) is 4. The third kappa shape index (κ3) is 4.07. The van der Waals surface area contributed by atoms with Crippen molar-refractivity contribution in [2.24, 2.45) is 5.73 Å². The van der Waals surface area contributed by atoms with Crippen molar-refractivity contribution in [1.82, 2.24) is 9.80 Å². The molecule has 0 aromatic rings. The van der Waals surface area contributed by atoms with Crippen LogP contribution in [-0.4, -0.2) is 66.8 Å². The van der Waals surface area contributed by atoms with Gasteiger partial charge in [-0.2, -0.15) is 0 Å². The number of likely N-dealkylation sites (tertiary alicyclic amines) is 1. The highest BCUT2D eigenvalue weighted by Crippen LogP contribution is 2.20. The van der Waals surface area contributed by atoms with Crippen LogP contribution in [0.2, 0.25) is 0 Å². The summed E-state index contributed by atoms with van der Waals surface area (Å²) in [7, 11) is 4.19. The van der Waals surface area contributed by atoms with Crippen LogP contribution in [0.4, 0.5) is 0 Å². The zero-order valence-corrected chi connectivity index (χ0v) is 10.2. The minimum atomic E-state index is -0.741. The first kappa shape index (κ1) is 12.9. The molecule has 0 aliphatic carbocycles. The number of rotatable bonds is 5. The highest BCUT2D eigenvalue weighted by Gasteiger charge is 2.30. The molecular weight excluding hydrogens is 190 g/mol. The van der Waals surface area contributed by atoms with E-state index < -0.39 is 5.60 Å². The number of hydrogen-bond donors (Lipinski definition) is 2. The van der Waals surface area contributed by atoms with Crippen LogP contribution in [0.5, 0.6) is 0 Å². The van der Waals surface area contributed by atoms with Crippen LogP contribution in [0, 0.1) is 0 Å². The van der Waals surface area contributed by atoms with Crippen molar-refractivity contribution < 1.29 is 5.11 Å². The molecule has 15 heavy (non-hydrogen) atoms. The first-order chi connectivity index (χ1) is 6.94. The molecule has 1 fully saturated rings. The van der Waals surface area contributed by atoms with Gasteiger partial charge in [-0.15, -0.1) is 0 Å². The molecule has 0 spiro atoms. The van der Waals surface area contributed by atoms with E-state index in [1.807, 2.05) is 6.92 Å². The van der Waals surface area contributed by atoms with Crippen LogP contribution in [0.15, 0.2) is 0 Å². The van der Waals surface area contributed by atoms with Crippen molar-refractivity contribution >= 4 is 0 Å². The Bertz CT molecular complexity index is 194. The lowest BCUT2D eigenvalue weighted by molar-refractivity contribution is 0.0204. The number of nitrogens with zero attached hydrogens (tertiary/aromatic N) is 2.